The van der Waals surface area contributed by atoms with Gasteiger partial charge in [0, 0.05) is 6.42 Å². The molecule has 0 spiro atoms. The van der Waals surface area contributed by atoms with Gasteiger partial charge in [-0.05, 0) is 5.92 Å². The summed E-state index contributed by atoms with van der Waals surface area (Å²) in [6.07, 6.45) is 3.58. The van der Waals surface area contributed by atoms with Crippen LogP contribution in [0.2, 0.25) is 0 Å². The van der Waals surface area contributed by atoms with Crippen LogP contribution in [0, 0.1) is 5.92 Å². The molecule has 4 heteroatoms. The van der Waals surface area contributed by atoms with E-state index < -0.39 is 0 Å². The van der Waals surface area contributed by atoms with Gasteiger partial charge in [-0.15, -0.1) is 5.10 Å². The predicted octanol–water partition coefficient (Wildman–Crippen LogP) is 0.964. The minimum absolute atomic E-state index is 0.00231. The molecular formula is C7H11N3O. The van der Waals surface area contributed by atoms with E-state index in [1.807, 2.05) is 13.8 Å². The van der Waals surface area contributed by atoms with Crippen LogP contribution in [0.15, 0.2) is 12.4 Å². The Hall–Kier alpha value is -1.19. The summed E-state index contributed by atoms with van der Waals surface area (Å²) in [5, 5.41) is 7.13. The molecule has 0 bridgehead atoms. The van der Waals surface area contributed by atoms with Crippen molar-refractivity contribution in [2.45, 2.75) is 20.3 Å². The van der Waals surface area contributed by atoms with E-state index in [9.17, 15) is 4.79 Å². The number of hydrogen-bond donors (Lipinski definition) is 0. The van der Waals surface area contributed by atoms with E-state index in [-0.39, 0.29) is 5.91 Å². The van der Waals surface area contributed by atoms with Crippen molar-refractivity contribution in [1.82, 2.24) is 15.0 Å². The molecule has 0 amide bonds. The lowest BCUT2D eigenvalue weighted by atomic mass is 10.1. The molecule has 0 aliphatic rings. The molecule has 1 rings (SSSR count). The van der Waals surface area contributed by atoms with Gasteiger partial charge in [-0.2, -0.15) is 4.68 Å². The van der Waals surface area contributed by atoms with E-state index in [2.05, 4.69) is 10.3 Å². The first kappa shape index (κ1) is 7.91. The molecule has 4 nitrogen and oxygen atoms in total. The zero-order valence-electron chi connectivity index (χ0n) is 6.69. The van der Waals surface area contributed by atoms with Crippen LogP contribution in [0.1, 0.15) is 25.1 Å². The summed E-state index contributed by atoms with van der Waals surface area (Å²) in [7, 11) is 0. The van der Waals surface area contributed by atoms with Crippen LogP contribution in [0.3, 0.4) is 0 Å². The van der Waals surface area contributed by atoms with E-state index in [1.54, 1.807) is 6.20 Å². The summed E-state index contributed by atoms with van der Waals surface area (Å²) in [5.41, 5.74) is 0. The number of carbonyl (C=O) groups is 1. The maximum atomic E-state index is 11.2. The van der Waals surface area contributed by atoms with Crippen LogP contribution in [0.4, 0.5) is 0 Å². The van der Waals surface area contributed by atoms with Crippen LogP contribution < -0.4 is 0 Å². The Bertz CT molecular complexity index is 228. The third-order valence-electron chi connectivity index (χ3n) is 1.26. The van der Waals surface area contributed by atoms with Crippen LogP contribution >= 0.6 is 0 Å². The standard InChI is InChI=1S/C7H11N3O/c1-6(2)5-7(11)10-4-3-8-9-10/h3-4,6H,5H2,1-2H3. The molecule has 0 aliphatic carbocycles. The maximum absolute atomic E-state index is 11.2. The van der Waals surface area contributed by atoms with Gasteiger partial charge in [0.15, 0.2) is 0 Å². The highest BCUT2D eigenvalue weighted by Gasteiger charge is 2.06. The molecule has 0 aliphatic heterocycles. The third-order valence-corrected chi connectivity index (χ3v) is 1.26. The van der Waals surface area contributed by atoms with Crippen LogP contribution in [-0.2, 0) is 0 Å². The van der Waals surface area contributed by atoms with Gasteiger partial charge >= 0.3 is 0 Å². The van der Waals surface area contributed by atoms with Gasteiger partial charge in [-0.3, -0.25) is 4.79 Å². The van der Waals surface area contributed by atoms with Crippen molar-refractivity contribution in [3.8, 4) is 0 Å². The fourth-order valence-corrected chi connectivity index (χ4v) is 0.784. The van der Waals surface area contributed by atoms with Crippen molar-refractivity contribution >= 4 is 5.91 Å². The molecule has 0 N–H and O–H groups in total. The van der Waals surface area contributed by atoms with Crippen molar-refractivity contribution in [2.24, 2.45) is 5.92 Å². The van der Waals surface area contributed by atoms with E-state index in [4.69, 9.17) is 0 Å². The molecule has 0 saturated heterocycles. The van der Waals surface area contributed by atoms with Gasteiger partial charge < -0.3 is 0 Å². The quantitative estimate of drug-likeness (QED) is 0.635. The number of hydrogen-bond acceptors (Lipinski definition) is 3. The Kier molecular flexibility index (Phi) is 2.36. The van der Waals surface area contributed by atoms with Gasteiger partial charge in [0.05, 0.1) is 12.4 Å². The Morgan fingerprint density at radius 1 is 1.64 bits per heavy atom. The summed E-state index contributed by atoms with van der Waals surface area (Å²) >= 11 is 0. The van der Waals surface area contributed by atoms with Gasteiger partial charge in [0.1, 0.15) is 0 Å². The molecule has 0 saturated carbocycles. The number of carbonyl (C=O) groups excluding carboxylic acids is 1. The molecule has 60 valence electrons. The van der Waals surface area contributed by atoms with Gasteiger partial charge in [-0.25, -0.2) is 0 Å². The monoisotopic (exact) mass is 153 g/mol. The molecule has 1 aromatic heterocycles. The Morgan fingerprint density at radius 3 is 2.82 bits per heavy atom. The lowest BCUT2D eigenvalue weighted by molar-refractivity contribution is 0.0868. The molecule has 0 atom stereocenters. The zero-order valence-corrected chi connectivity index (χ0v) is 6.69. The molecule has 0 fully saturated rings. The SMILES string of the molecule is CC(C)CC(=O)n1ccnn1. The first-order chi connectivity index (χ1) is 5.20. The van der Waals surface area contributed by atoms with Crippen LogP contribution in [0.5, 0.6) is 0 Å². The topological polar surface area (TPSA) is 47.8 Å². The van der Waals surface area contributed by atoms with E-state index in [0.717, 1.165) is 0 Å². The highest BCUT2D eigenvalue weighted by Crippen LogP contribution is 2.00. The van der Waals surface area contributed by atoms with E-state index in [0.29, 0.717) is 12.3 Å². The average molecular weight is 153 g/mol. The summed E-state index contributed by atoms with van der Waals surface area (Å²) in [5.74, 6) is 0.365. The normalized spacial score (nSPS) is 10.5. The maximum Gasteiger partial charge on any atom is 0.248 e. The van der Waals surface area contributed by atoms with Crippen molar-refractivity contribution in [1.29, 1.82) is 0 Å². The molecule has 11 heavy (non-hydrogen) atoms. The lowest BCUT2D eigenvalue weighted by Gasteiger charge is -2.01. The third kappa shape index (κ3) is 2.14. The lowest BCUT2D eigenvalue weighted by Crippen LogP contribution is -2.13. The van der Waals surface area contributed by atoms with Crippen molar-refractivity contribution in [3.63, 3.8) is 0 Å². The summed E-state index contributed by atoms with van der Waals surface area (Å²) < 4.78 is 1.26. The van der Waals surface area contributed by atoms with Crippen LogP contribution in [-0.4, -0.2) is 20.9 Å². The Labute approximate surface area is 65.2 Å². The van der Waals surface area contributed by atoms with Crippen LogP contribution in [0.25, 0.3) is 0 Å². The second-order valence-corrected chi connectivity index (χ2v) is 2.84. The first-order valence-corrected chi connectivity index (χ1v) is 3.59. The highest BCUT2D eigenvalue weighted by molar-refractivity contribution is 5.77. The predicted molar refractivity (Wildman–Crippen MR) is 40.1 cm³/mol. The van der Waals surface area contributed by atoms with E-state index in [1.165, 1.54) is 10.9 Å². The van der Waals surface area contributed by atoms with Crippen molar-refractivity contribution in [2.75, 3.05) is 0 Å². The number of aromatic nitrogens is 3. The largest absolute Gasteiger partial charge is 0.273 e. The molecule has 0 aromatic carbocycles. The van der Waals surface area contributed by atoms with Gasteiger partial charge in [0.2, 0.25) is 5.91 Å². The summed E-state index contributed by atoms with van der Waals surface area (Å²) in [6.45, 7) is 3.99. The minimum Gasteiger partial charge on any atom is -0.273 e. The molecule has 1 aromatic rings. The highest BCUT2D eigenvalue weighted by atomic mass is 16.2. The fourth-order valence-electron chi connectivity index (χ4n) is 0.784. The smallest absolute Gasteiger partial charge is 0.248 e. The molecule has 0 unspecified atom stereocenters. The van der Waals surface area contributed by atoms with Gasteiger partial charge in [0.25, 0.3) is 0 Å². The first-order valence-electron chi connectivity index (χ1n) is 3.59. The Morgan fingerprint density at radius 2 is 2.36 bits per heavy atom. The van der Waals surface area contributed by atoms with E-state index >= 15 is 0 Å². The second-order valence-electron chi connectivity index (χ2n) is 2.84. The molecule has 1 heterocycles. The molecule has 0 radical (unpaired) electrons. The summed E-state index contributed by atoms with van der Waals surface area (Å²) in [4.78, 5) is 11.2. The molecular weight excluding hydrogens is 142 g/mol. The Balaban J connectivity index is 2.57. The number of nitrogens with zero attached hydrogens (tertiary/aromatic N) is 3. The van der Waals surface area contributed by atoms with Gasteiger partial charge in [-0.1, -0.05) is 19.1 Å². The fraction of sp³-hybridized carbons (Fsp3) is 0.571. The summed E-state index contributed by atoms with van der Waals surface area (Å²) in [6, 6.07) is 0. The average Bonchev–Trinajstić information content (AvgIpc) is 2.35. The minimum atomic E-state index is -0.00231. The van der Waals surface area contributed by atoms with Crippen molar-refractivity contribution < 1.29 is 4.79 Å². The number of rotatable bonds is 2. The van der Waals surface area contributed by atoms with Crippen molar-refractivity contribution in [3.05, 3.63) is 12.4 Å². The second kappa shape index (κ2) is 3.27. The zero-order chi connectivity index (χ0) is 8.27.